The van der Waals surface area contributed by atoms with Gasteiger partial charge in [0.05, 0.1) is 16.6 Å². The zero-order valence-corrected chi connectivity index (χ0v) is 20.9. The predicted molar refractivity (Wildman–Crippen MR) is 143 cm³/mol. The number of benzene rings is 4. The Morgan fingerprint density at radius 3 is 2.47 bits per heavy atom. The molecule has 1 amide bonds. The zero-order chi connectivity index (χ0) is 25.5. The third-order valence-electron chi connectivity index (χ3n) is 5.24. The molecule has 0 fully saturated rings. The Balaban J connectivity index is 1.64. The molecule has 6 nitrogen and oxygen atoms in total. The Hall–Kier alpha value is -4.41. The molecule has 0 aromatic heterocycles. The lowest BCUT2D eigenvalue weighted by Crippen LogP contribution is -2.13. The summed E-state index contributed by atoms with van der Waals surface area (Å²) < 4.78 is 11.9. The van der Waals surface area contributed by atoms with Crippen LogP contribution in [0.25, 0.3) is 16.8 Å². The maximum atomic E-state index is 13.1. The van der Waals surface area contributed by atoms with Crippen LogP contribution in [0.3, 0.4) is 0 Å². The molecule has 4 aromatic carbocycles. The standard InChI is InChI=1S/C29H21BrN2O4/c1-2-35-26-17-19(15-21(18-31)28(33)32-22-11-4-3-5-12-22)16-25(30)27(26)36-29(34)24-14-8-10-20-9-6-7-13-23(20)24/h3-17H,2H2,1H3,(H,32,33)/b21-15+. The van der Waals surface area contributed by atoms with Crippen molar-refractivity contribution in [2.45, 2.75) is 6.92 Å². The van der Waals surface area contributed by atoms with Gasteiger partial charge in [0.25, 0.3) is 5.91 Å². The first-order valence-corrected chi connectivity index (χ1v) is 11.9. The normalized spacial score (nSPS) is 11.0. The molecule has 0 atom stereocenters. The van der Waals surface area contributed by atoms with Crippen LogP contribution in [0.1, 0.15) is 22.8 Å². The Morgan fingerprint density at radius 2 is 1.72 bits per heavy atom. The molecule has 4 aromatic rings. The van der Waals surface area contributed by atoms with Crippen molar-refractivity contribution in [3.63, 3.8) is 0 Å². The maximum absolute atomic E-state index is 13.1. The molecule has 0 aliphatic carbocycles. The van der Waals surface area contributed by atoms with Crippen LogP contribution in [0.4, 0.5) is 5.69 Å². The largest absolute Gasteiger partial charge is 0.490 e. The molecular formula is C29H21BrN2O4. The van der Waals surface area contributed by atoms with Gasteiger partial charge in [0.1, 0.15) is 11.6 Å². The van der Waals surface area contributed by atoms with Gasteiger partial charge >= 0.3 is 5.97 Å². The fourth-order valence-corrected chi connectivity index (χ4v) is 4.16. The lowest BCUT2D eigenvalue weighted by Gasteiger charge is -2.14. The van der Waals surface area contributed by atoms with Crippen LogP contribution in [0.5, 0.6) is 11.5 Å². The van der Waals surface area contributed by atoms with Gasteiger partial charge in [-0.2, -0.15) is 5.26 Å². The average molecular weight is 541 g/mol. The molecule has 1 N–H and O–H groups in total. The van der Waals surface area contributed by atoms with E-state index in [0.29, 0.717) is 33.6 Å². The van der Waals surface area contributed by atoms with Crippen molar-refractivity contribution >= 4 is 50.3 Å². The fourth-order valence-electron chi connectivity index (χ4n) is 3.62. The van der Waals surface area contributed by atoms with Crippen LogP contribution < -0.4 is 14.8 Å². The number of esters is 1. The van der Waals surface area contributed by atoms with E-state index in [4.69, 9.17) is 9.47 Å². The van der Waals surface area contributed by atoms with Gasteiger partial charge in [0.15, 0.2) is 11.5 Å². The van der Waals surface area contributed by atoms with Crippen LogP contribution in [-0.4, -0.2) is 18.5 Å². The number of carbonyl (C=O) groups is 2. The van der Waals surface area contributed by atoms with Crippen LogP contribution in [-0.2, 0) is 4.79 Å². The highest BCUT2D eigenvalue weighted by Crippen LogP contribution is 2.38. The van der Waals surface area contributed by atoms with E-state index in [9.17, 15) is 14.9 Å². The average Bonchev–Trinajstić information content (AvgIpc) is 2.89. The van der Waals surface area contributed by atoms with E-state index in [2.05, 4.69) is 21.2 Å². The van der Waals surface area contributed by atoms with Gasteiger partial charge in [-0.25, -0.2) is 4.79 Å². The number of nitrogens with zero attached hydrogens (tertiary/aromatic N) is 1. The van der Waals surface area contributed by atoms with Gasteiger partial charge in [-0.05, 0) is 75.6 Å². The van der Waals surface area contributed by atoms with Gasteiger partial charge < -0.3 is 14.8 Å². The molecule has 7 heteroatoms. The van der Waals surface area contributed by atoms with Gasteiger partial charge in [-0.1, -0.05) is 54.6 Å². The molecule has 0 bridgehead atoms. The van der Waals surface area contributed by atoms with Crippen molar-refractivity contribution < 1.29 is 19.1 Å². The summed E-state index contributed by atoms with van der Waals surface area (Å²) in [6.45, 7) is 2.12. The highest BCUT2D eigenvalue weighted by Gasteiger charge is 2.19. The topological polar surface area (TPSA) is 88.4 Å². The van der Waals surface area contributed by atoms with E-state index in [1.54, 1.807) is 55.5 Å². The Labute approximate surface area is 216 Å². The molecule has 178 valence electrons. The number of carbonyl (C=O) groups excluding carboxylic acids is 2. The molecule has 0 spiro atoms. The second kappa shape index (κ2) is 11.3. The molecule has 36 heavy (non-hydrogen) atoms. The van der Waals surface area contributed by atoms with Crippen molar-refractivity contribution in [1.82, 2.24) is 0 Å². The molecule has 0 unspecified atom stereocenters. The van der Waals surface area contributed by atoms with Crippen molar-refractivity contribution in [2.24, 2.45) is 0 Å². The quantitative estimate of drug-likeness (QED) is 0.121. The summed E-state index contributed by atoms with van der Waals surface area (Å²) >= 11 is 3.45. The first-order valence-electron chi connectivity index (χ1n) is 11.1. The number of nitrogens with one attached hydrogen (secondary N) is 1. The molecule has 0 radical (unpaired) electrons. The fraction of sp³-hybridized carbons (Fsp3) is 0.0690. The minimum atomic E-state index is -0.538. The number of fused-ring (bicyclic) bond motifs is 1. The van der Waals surface area contributed by atoms with Crippen LogP contribution in [0.2, 0.25) is 0 Å². The number of hydrogen-bond donors (Lipinski definition) is 1. The lowest BCUT2D eigenvalue weighted by atomic mass is 10.0. The molecular weight excluding hydrogens is 520 g/mol. The maximum Gasteiger partial charge on any atom is 0.344 e. The molecule has 0 heterocycles. The molecule has 4 rings (SSSR count). The number of anilines is 1. The molecule has 0 aliphatic heterocycles. The van der Waals surface area contributed by atoms with Crippen LogP contribution >= 0.6 is 15.9 Å². The second-order valence-electron chi connectivity index (χ2n) is 7.67. The predicted octanol–water partition coefficient (Wildman–Crippen LogP) is 6.77. The van der Waals surface area contributed by atoms with E-state index in [-0.39, 0.29) is 11.3 Å². The number of rotatable bonds is 7. The summed E-state index contributed by atoms with van der Waals surface area (Å²) in [6, 6.07) is 27.1. The molecule has 0 saturated carbocycles. The summed E-state index contributed by atoms with van der Waals surface area (Å²) in [4.78, 5) is 25.7. The number of para-hydroxylation sites is 1. The summed E-state index contributed by atoms with van der Waals surface area (Å²) in [7, 11) is 0. The second-order valence-corrected chi connectivity index (χ2v) is 8.52. The monoisotopic (exact) mass is 540 g/mol. The number of halogens is 1. The zero-order valence-electron chi connectivity index (χ0n) is 19.3. The summed E-state index contributed by atoms with van der Waals surface area (Å²) in [5, 5.41) is 14.0. The van der Waals surface area contributed by atoms with Crippen molar-refractivity contribution in [3.05, 3.63) is 106 Å². The molecule has 0 aliphatic rings. The Bertz CT molecular complexity index is 1500. The van der Waals surface area contributed by atoms with Crippen molar-refractivity contribution in [2.75, 3.05) is 11.9 Å². The van der Waals surface area contributed by atoms with E-state index >= 15 is 0 Å². The summed E-state index contributed by atoms with van der Waals surface area (Å²) in [6.07, 6.45) is 1.45. The number of ether oxygens (including phenoxy) is 2. The molecule has 0 saturated heterocycles. The van der Waals surface area contributed by atoms with Gasteiger partial charge in [-0.15, -0.1) is 0 Å². The summed E-state index contributed by atoms with van der Waals surface area (Å²) in [5.74, 6) is -0.562. The number of amides is 1. The number of nitriles is 1. The Morgan fingerprint density at radius 1 is 1.00 bits per heavy atom. The van der Waals surface area contributed by atoms with Gasteiger partial charge in [0, 0.05) is 5.69 Å². The first kappa shape index (κ1) is 24.7. The van der Waals surface area contributed by atoms with E-state index < -0.39 is 11.9 Å². The highest BCUT2D eigenvalue weighted by atomic mass is 79.9. The Kier molecular flexibility index (Phi) is 7.79. The van der Waals surface area contributed by atoms with Gasteiger partial charge in [0.2, 0.25) is 0 Å². The highest BCUT2D eigenvalue weighted by molar-refractivity contribution is 9.10. The van der Waals surface area contributed by atoms with E-state index in [1.807, 2.05) is 42.5 Å². The third kappa shape index (κ3) is 5.62. The van der Waals surface area contributed by atoms with Crippen LogP contribution in [0, 0.1) is 11.3 Å². The third-order valence-corrected chi connectivity index (χ3v) is 5.83. The lowest BCUT2D eigenvalue weighted by molar-refractivity contribution is -0.112. The van der Waals surface area contributed by atoms with Crippen molar-refractivity contribution in [3.8, 4) is 17.6 Å². The minimum absolute atomic E-state index is 0.0892. The smallest absolute Gasteiger partial charge is 0.344 e. The van der Waals surface area contributed by atoms with E-state index in [0.717, 1.165) is 10.8 Å². The minimum Gasteiger partial charge on any atom is -0.490 e. The SMILES string of the molecule is CCOc1cc(/C=C(\C#N)C(=O)Nc2ccccc2)cc(Br)c1OC(=O)c1cccc2ccccc12. The first-order chi connectivity index (χ1) is 17.5. The number of hydrogen-bond acceptors (Lipinski definition) is 5. The van der Waals surface area contributed by atoms with Gasteiger partial charge in [-0.3, -0.25) is 4.79 Å². The van der Waals surface area contributed by atoms with Crippen LogP contribution in [0.15, 0.2) is 95.0 Å². The van der Waals surface area contributed by atoms with Crippen molar-refractivity contribution in [1.29, 1.82) is 5.26 Å². The van der Waals surface area contributed by atoms with E-state index in [1.165, 1.54) is 6.08 Å². The summed E-state index contributed by atoms with van der Waals surface area (Å²) in [5.41, 5.74) is 1.44.